The van der Waals surface area contributed by atoms with E-state index >= 15 is 0 Å². The first-order valence-corrected chi connectivity index (χ1v) is 6.80. The molecule has 0 spiro atoms. The van der Waals surface area contributed by atoms with E-state index in [0.29, 0.717) is 13.0 Å². The van der Waals surface area contributed by atoms with Crippen molar-refractivity contribution in [2.75, 3.05) is 20.8 Å². The van der Waals surface area contributed by atoms with E-state index in [0.717, 1.165) is 17.0 Å². The third-order valence-electron chi connectivity index (χ3n) is 3.17. The number of methoxy groups -OCH3 is 2. The second-order valence-electron chi connectivity index (χ2n) is 4.93. The first-order chi connectivity index (χ1) is 10.1. The minimum atomic E-state index is -0.592. The van der Waals surface area contributed by atoms with Crippen molar-refractivity contribution in [2.24, 2.45) is 5.16 Å². The SMILES string of the molecule is COC[C@@H](C)NC(=O)[C@@H]1CC(c2cccc(OC)c2)=NO1. The molecule has 2 rings (SSSR count). The number of ether oxygens (including phenoxy) is 2. The monoisotopic (exact) mass is 292 g/mol. The average molecular weight is 292 g/mol. The summed E-state index contributed by atoms with van der Waals surface area (Å²) in [4.78, 5) is 17.3. The van der Waals surface area contributed by atoms with Gasteiger partial charge in [0.05, 0.1) is 19.4 Å². The molecule has 114 valence electrons. The molecule has 1 amide bonds. The van der Waals surface area contributed by atoms with Crippen LogP contribution in [0.3, 0.4) is 0 Å². The number of benzene rings is 1. The summed E-state index contributed by atoms with van der Waals surface area (Å²) in [6.45, 7) is 2.34. The molecule has 0 saturated heterocycles. The Hall–Kier alpha value is -2.08. The lowest BCUT2D eigenvalue weighted by molar-refractivity contribution is -0.132. The molecule has 2 atom stereocenters. The molecular formula is C15H20N2O4. The molecule has 1 aliphatic rings. The second kappa shape index (κ2) is 7.08. The van der Waals surface area contributed by atoms with E-state index in [1.807, 2.05) is 31.2 Å². The summed E-state index contributed by atoms with van der Waals surface area (Å²) in [6.07, 6.45) is -0.149. The number of oxime groups is 1. The zero-order chi connectivity index (χ0) is 15.2. The molecule has 0 fully saturated rings. The zero-order valence-corrected chi connectivity index (χ0v) is 12.5. The average Bonchev–Trinajstić information content (AvgIpc) is 2.97. The number of rotatable bonds is 6. The van der Waals surface area contributed by atoms with Crippen molar-refractivity contribution in [2.45, 2.75) is 25.5 Å². The van der Waals surface area contributed by atoms with Crippen LogP contribution in [0.1, 0.15) is 18.9 Å². The number of hydrogen-bond donors (Lipinski definition) is 1. The van der Waals surface area contributed by atoms with E-state index in [9.17, 15) is 4.79 Å². The van der Waals surface area contributed by atoms with E-state index < -0.39 is 6.10 Å². The summed E-state index contributed by atoms with van der Waals surface area (Å²) in [6, 6.07) is 7.46. The largest absolute Gasteiger partial charge is 0.497 e. The minimum absolute atomic E-state index is 0.0630. The van der Waals surface area contributed by atoms with Gasteiger partial charge in [-0.3, -0.25) is 4.79 Å². The van der Waals surface area contributed by atoms with Crippen molar-refractivity contribution in [3.63, 3.8) is 0 Å². The zero-order valence-electron chi connectivity index (χ0n) is 12.5. The Morgan fingerprint density at radius 3 is 3.05 bits per heavy atom. The lowest BCUT2D eigenvalue weighted by Crippen LogP contribution is -2.42. The van der Waals surface area contributed by atoms with Crippen molar-refractivity contribution in [1.29, 1.82) is 0 Å². The fourth-order valence-corrected chi connectivity index (χ4v) is 2.12. The Morgan fingerprint density at radius 1 is 1.52 bits per heavy atom. The molecule has 1 aromatic carbocycles. The van der Waals surface area contributed by atoms with Crippen molar-refractivity contribution < 1.29 is 19.1 Å². The quantitative estimate of drug-likeness (QED) is 0.859. The van der Waals surface area contributed by atoms with E-state index in [2.05, 4.69) is 10.5 Å². The highest BCUT2D eigenvalue weighted by Gasteiger charge is 2.29. The lowest BCUT2D eigenvalue weighted by Gasteiger charge is -2.15. The standard InChI is InChI=1S/C15H20N2O4/c1-10(9-19-2)16-15(18)14-8-13(17-21-14)11-5-4-6-12(7-11)20-3/h4-7,10,14H,8-9H2,1-3H3,(H,16,18)/t10-,14+/m1/s1. The van der Waals surface area contributed by atoms with Crippen molar-refractivity contribution in [1.82, 2.24) is 5.32 Å². The highest BCUT2D eigenvalue weighted by molar-refractivity contribution is 6.04. The first kappa shape index (κ1) is 15.3. The van der Waals surface area contributed by atoms with Crippen LogP contribution in [0, 0.1) is 0 Å². The maximum atomic E-state index is 12.0. The molecule has 0 unspecified atom stereocenters. The van der Waals surface area contributed by atoms with Gasteiger partial charge in [-0.05, 0) is 19.1 Å². The van der Waals surface area contributed by atoms with E-state index in [-0.39, 0.29) is 11.9 Å². The third-order valence-corrected chi connectivity index (χ3v) is 3.17. The molecular weight excluding hydrogens is 272 g/mol. The molecule has 6 nitrogen and oxygen atoms in total. The van der Waals surface area contributed by atoms with Gasteiger partial charge in [-0.1, -0.05) is 17.3 Å². The maximum Gasteiger partial charge on any atom is 0.264 e. The Kier molecular flexibility index (Phi) is 5.16. The van der Waals surface area contributed by atoms with E-state index in [1.165, 1.54) is 0 Å². The number of carbonyl (C=O) groups excluding carboxylic acids is 1. The van der Waals surface area contributed by atoms with E-state index in [1.54, 1.807) is 14.2 Å². The van der Waals surface area contributed by atoms with Gasteiger partial charge in [-0.15, -0.1) is 0 Å². The molecule has 0 aliphatic carbocycles. The van der Waals surface area contributed by atoms with Gasteiger partial charge < -0.3 is 19.6 Å². The van der Waals surface area contributed by atoms with Gasteiger partial charge in [0.1, 0.15) is 5.75 Å². The van der Waals surface area contributed by atoms with Crippen LogP contribution >= 0.6 is 0 Å². The third kappa shape index (κ3) is 3.95. The van der Waals surface area contributed by atoms with Gasteiger partial charge in [0.2, 0.25) is 6.10 Å². The predicted octanol–water partition coefficient (Wildman–Crippen LogP) is 1.34. The topological polar surface area (TPSA) is 69.2 Å². The molecule has 0 bridgehead atoms. The van der Waals surface area contributed by atoms with Gasteiger partial charge in [-0.2, -0.15) is 0 Å². The van der Waals surface area contributed by atoms with Crippen LogP contribution in [-0.2, 0) is 14.4 Å². The summed E-state index contributed by atoms with van der Waals surface area (Å²) in [7, 11) is 3.21. The van der Waals surface area contributed by atoms with Gasteiger partial charge in [0, 0.05) is 25.1 Å². The summed E-state index contributed by atoms with van der Waals surface area (Å²) in [5.41, 5.74) is 1.64. The highest BCUT2D eigenvalue weighted by atomic mass is 16.6. The van der Waals surface area contributed by atoms with Crippen LogP contribution in [0.4, 0.5) is 0 Å². The summed E-state index contributed by atoms with van der Waals surface area (Å²) < 4.78 is 10.2. The van der Waals surface area contributed by atoms with Crippen molar-refractivity contribution in [3.8, 4) is 5.75 Å². The van der Waals surface area contributed by atoms with Gasteiger partial charge in [0.15, 0.2) is 0 Å². The smallest absolute Gasteiger partial charge is 0.264 e. The summed E-state index contributed by atoms with van der Waals surface area (Å²) in [5, 5.41) is 6.84. The number of nitrogens with one attached hydrogen (secondary N) is 1. The van der Waals surface area contributed by atoms with E-state index in [4.69, 9.17) is 14.3 Å². The molecule has 0 aromatic heterocycles. The maximum absolute atomic E-state index is 12.0. The molecule has 21 heavy (non-hydrogen) atoms. The van der Waals surface area contributed by atoms with Crippen LogP contribution < -0.4 is 10.1 Å². The molecule has 1 aliphatic heterocycles. The van der Waals surface area contributed by atoms with Crippen LogP contribution in [0.25, 0.3) is 0 Å². The molecule has 1 heterocycles. The van der Waals surface area contributed by atoms with Crippen molar-refractivity contribution in [3.05, 3.63) is 29.8 Å². The van der Waals surface area contributed by atoms with Crippen LogP contribution in [-0.4, -0.2) is 44.6 Å². The summed E-state index contributed by atoms with van der Waals surface area (Å²) in [5.74, 6) is 0.568. The fourth-order valence-electron chi connectivity index (χ4n) is 2.12. The Balaban J connectivity index is 1.94. The Labute approximate surface area is 124 Å². The molecule has 6 heteroatoms. The molecule has 0 saturated carbocycles. The molecule has 0 radical (unpaired) electrons. The number of carbonyl (C=O) groups is 1. The lowest BCUT2D eigenvalue weighted by atomic mass is 10.0. The van der Waals surface area contributed by atoms with Gasteiger partial charge in [0.25, 0.3) is 5.91 Å². The number of nitrogens with zero attached hydrogens (tertiary/aromatic N) is 1. The Bertz CT molecular complexity index is 530. The molecule has 1 aromatic rings. The van der Waals surface area contributed by atoms with Crippen LogP contribution in [0.15, 0.2) is 29.4 Å². The number of hydrogen-bond acceptors (Lipinski definition) is 5. The fraction of sp³-hybridized carbons (Fsp3) is 0.467. The van der Waals surface area contributed by atoms with Crippen LogP contribution in [0.5, 0.6) is 5.75 Å². The summed E-state index contributed by atoms with van der Waals surface area (Å²) >= 11 is 0. The highest BCUT2D eigenvalue weighted by Crippen LogP contribution is 2.20. The normalized spacial score (nSPS) is 18.6. The van der Waals surface area contributed by atoms with Crippen LogP contribution in [0.2, 0.25) is 0 Å². The number of amides is 1. The van der Waals surface area contributed by atoms with Gasteiger partial charge >= 0.3 is 0 Å². The van der Waals surface area contributed by atoms with Crippen molar-refractivity contribution >= 4 is 11.6 Å². The second-order valence-corrected chi connectivity index (χ2v) is 4.93. The molecule has 1 N–H and O–H groups in total. The Morgan fingerprint density at radius 2 is 2.33 bits per heavy atom. The van der Waals surface area contributed by atoms with Gasteiger partial charge in [-0.25, -0.2) is 0 Å². The first-order valence-electron chi connectivity index (χ1n) is 6.80. The minimum Gasteiger partial charge on any atom is -0.497 e. The predicted molar refractivity (Wildman–Crippen MR) is 78.5 cm³/mol.